The Balaban J connectivity index is 1.90. The molecule has 1 aliphatic carbocycles. The van der Waals surface area contributed by atoms with Gasteiger partial charge >= 0.3 is 0 Å². The molecule has 0 radical (unpaired) electrons. The van der Waals surface area contributed by atoms with E-state index in [-0.39, 0.29) is 5.91 Å². The Morgan fingerprint density at radius 2 is 2.10 bits per heavy atom. The number of benzene rings is 1. The van der Waals surface area contributed by atoms with Gasteiger partial charge in [0.25, 0.3) is 0 Å². The molecule has 3 N–H and O–H groups in total. The van der Waals surface area contributed by atoms with Crippen LogP contribution in [0.1, 0.15) is 43.2 Å². The summed E-state index contributed by atoms with van der Waals surface area (Å²) in [6, 6.07) is 8.26. The first-order valence-electron chi connectivity index (χ1n) is 7.18. The van der Waals surface area contributed by atoms with Gasteiger partial charge in [0.05, 0.1) is 10.5 Å². The number of rotatable bonds is 5. The quantitative estimate of drug-likeness (QED) is 0.820. The van der Waals surface area contributed by atoms with E-state index < -0.39 is 5.54 Å². The van der Waals surface area contributed by atoms with E-state index in [1.807, 2.05) is 6.07 Å². The molecule has 0 bridgehead atoms. The van der Waals surface area contributed by atoms with Crippen LogP contribution in [0.3, 0.4) is 0 Å². The maximum absolute atomic E-state index is 12.1. The predicted molar refractivity (Wildman–Crippen MR) is 85.6 cm³/mol. The first-order chi connectivity index (χ1) is 9.52. The average Bonchev–Trinajstić information content (AvgIpc) is 2.86. The number of thiocarbonyl (C=S) groups is 1. The highest BCUT2D eigenvalue weighted by Gasteiger charge is 2.37. The molecule has 0 aliphatic heterocycles. The zero-order valence-electron chi connectivity index (χ0n) is 11.9. The lowest BCUT2D eigenvalue weighted by molar-refractivity contribution is -0.122. The second-order valence-corrected chi connectivity index (χ2v) is 6.13. The van der Waals surface area contributed by atoms with Gasteiger partial charge in [0.2, 0.25) is 5.91 Å². The van der Waals surface area contributed by atoms with Crippen molar-refractivity contribution in [1.82, 2.24) is 5.32 Å². The van der Waals surface area contributed by atoms with Gasteiger partial charge in [-0.05, 0) is 31.7 Å². The summed E-state index contributed by atoms with van der Waals surface area (Å²) in [4.78, 5) is 12.6. The minimum Gasteiger partial charge on any atom is -0.391 e. The fourth-order valence-electron chi connectivity index (χ4n) is 2.87. The van der Waals surface area contributed by atoms with Crippen molar-refractivity contribution in [3.05, 3.63) is 35.4 Å². The summed E-state index contributed by atoms with van der Waals surface area (Å²) in [6.07, 6.45) is 5.14. The molecule has 1 aromatic rings. The molecule has 0 spiro atoms. The van der Waals surface area contributed by atoms with Gasteiger partial charge in [-0.2, -0.15) is 0 Å². The number of carbonyl (C=O) groups is 1. The number of carbonyl (C=O) groups excluding carboxylic acids is 1. The molecule has 1 aromatic carbocycles. The maximum atomic E-state index is 12.1. The maximum Gasteiger partial charge on any atom is 0.221 e. The van der Waals surface area contributed by atoms with Gasteiger partial charge in [0, 0.05) is 6.42 Å². The first kappa shape index (κ1) is 15.0. The number of aryl methyl sites for hydroxylation is 2. The Bertz CT molecular complexity index is 507. The van der Waals surface area contributed by atoms with Crippen molar-refractivity contribution < 1.29 is 4.79 Å². The Labute approximate surface area is 125 Å². The molecule has 3 nitrogen and oxygen atoms in total. The average molecular weight is 290 g/mol. The summed E-state index contributed by atoms with van der Waals surface area (Å²) in [5.74, 6) is 0.0428. The largest absolute Gasteiger partial charge is 0.391 e. The molecule has 1 fully saturated rings. The lowest BCUT2D eigenvalue weighted by Gasteiger charge is -2.29. The van der Waals surface area contributed by atoms with Gasteiger partial charge in [0.15, 0.2) is 0 Å². The third-order valence-corrected chi connectivity index (χ3v) is 4.42. The molecule has 0 atom stereocenters. The fraction of sp³-hybridized carbons (Fsp3) is 0.500. The predicted octanol–water partition coefficient (Wildman–Crippen LogP) is 2.64. The number of nitrogens with one attached hydrogen (secondary N) is 1. The molecule has 0 heterocycles. The normalized spacial score (nSPS) is 16.9. The summed E-state index contributed by atoms with van der Waals surface area (Å²) in [5, 5.41) is 3.07. The van der Waals surface area contributed by atoms with Crippen molar-refractivity contribution in [1.29, 1.82) is 0 Å². The Morgan fingerprint density at radius 3 is 2.70 bits per heavy atom. The summed E-state index contributed by atoms with van der Waals surface area (Å²) in [5.41, 5.74) is 7.80. The third-order valence-electron chi connectivity index (χ3n) is 4.03. The van der Waals surface area contributed by atoms with Gasteiger partial charge in [-0.1, -0.05) is 54.9 Å². The van der Waals surface area contributed by atoms with Crippen molar-refractivity contribution in [3.63, 3.8) is 0 Å². The Kier molecular flexibility index (Phi) is 4.76. The van der Waals surface area contributed by atoms with E-state index in [2.05, 4.69) is 30.4 Å². The van der Waals surface area contributed by atoms with Crippen molar-refractivity contribution in [3.8, 4) is 0 Å². The molecule has 0 aromatic heterocycles. The van der Waals surface area contributed by atoms with E-state index in [0.717, 1.165) is 32.1 Å². The number of hydrogen-bond donors (Lipinski definition) is 2. The van der Waals surface area contributed by atoms with Crippen molar-refractivity contribution >= 4 is 23.1 Å². The Hall–Kier alpha value is -1.42. The number of amides is 1. The van der Waals surface area contributed by atoms with E-state index >= 15 is 0 Å². The highest BCUT2D eigenvalue weighted by Crippen LogP contribution is 2.30. The molecule has 1 aliphatic rings. The van der Waals surface area contributed by atoms with Gasteiger partial charge in [-0.3, -0.25) is 4.79 Å². The molecule has 0 saturated heterocycles. The summed E-state index contributed by atoms with van der Waals surface area (Å²) < 4.78 is 0. The SMILES string of the molecule is Cc1cccc(CCC(=O)NC2(C(N)=S)CCCC2)c1. The van der Waals surface area contributed by atoms with E-state index in [9.17, 15) is 4.79 Å². The van der Waals surface area contributed by atoms with E-state index in [4.69, 9.17) is 18.0 Å². The van der Waals surface area contributed by atoms with Gasteiger partial charge in [-0.15, -0.1) is 0 Å². The van der Waals surface area contributed by atoms with Crippen LogP contribution in [0, 0.1) is 6.92 Å². The molecular weight excluding hydrogens is 268 g/mol. The molecule has 108 valence electrons. The molecular formula is C16H22N2OS. The molecule has 20 heavy (non-hydrogen) atoms. The van der Waals surface area contributed by atoms with Crippen LogP contribution in [0.5, 0.6) is 0 Å². The number of nitrogens with two attached hydrogens (primary N) is 1. The van der Waals surface area contributed by atoms with E-state index in [1.54, 1.807) is 0 Å². The molecule has 4 heteroatoms. The lowest BCUT2D eigenvalue weighted by atomic mass is 9.97. The van der Waals surface area contributed by atoms with Crippen LogP contribution in [0.15, 0.2) is 24.3 Å². The minimum absolute atomic E-state index is 0.0428. The smallest absolute Gasteiger partial charge is 0.221 e. The standard InChI is InChI=1S/C16H22N2OS/c1-12-5-4-6-13(11-12)7-8-14(19)18-16(15(17)20)9-2-3-10-16/h4-6,11H,2-3,7-10H2,1H3,(H2,17,20)(H,18,19). The van der Waals surface area contributed by atoms with E-state index in [1.165, 1.54) is 11.1 Å². The highest BCUT2D eigenvalue weighted by molar-refractivity contribution is 7.80. The van der Waals surface area contributed by atoms with Gasteiger partial charge in [0.1, 0.15) is 0 Å². The molecule has 1 amide bonds. The molecule has 2 rings (SSSR count). The van der Waals surface area contributed by atoms with Gasteiger partial charge in [-0.25, -0.2) is 0 Å². The van der Waals surface area contributed by atoms with Gasteiger partial charge < -0.3 is 11.1 Å². The van der Waals surface area contributed by atoms with Crippen LogP contribution in [0.4, 0.5) is 0 Å². The topological polar surface area (TPSA) is 55.1 Å². The summed E-state index contributed by atoms with van der Waals surface area (Å²) >= 11 is 5.14. The van der Waals surface area contributed by atoms with Crippen molar-refractivity contribution in [2.24, 2.45) is 5.73 Å². The van der Waals surface area contributed by atoms with Crippen LogP contribution in [-0.2, 0) is 11.2 Å². The lowest BCUT2D eigenvalue weighted by Crippen LogP contribution is -2.54. The van der Waals surface area contributed by atoms with Crippen LogP contribution < -0.4 is 11.1 Å². The highest BCUT2D eigenvalue weighted by atomic mass is 32.1. The number of hydrogen-bond acceptors (Lipinski definition) is 2. The second kappa shape index (κ2) is 6.35. The second-order valence-electron chi connectivity index (χ2n) is 5.69. The zero-order valence-corrected chi connectivity index (χ0v) is 12.8. The summed E-state index contributed by atoms with van der Waals surface area (Å²) in [6.45, 7) is 2.06. The van der Waals surface area contributed by atoms with Crippen LogP contribution in [0.25, 0.3) is 0 Å². The van der Waals surface area contributed by atoms with Crippen LogP contribution in [-0.4, -0.2) is 16.4 Å². The zero-order chi connectivity index (χ0) is 14.6. The summed E-state index contributed by atoms with van der Waals surface area (Å²) in [7, 11) is 0. The van der Waals surface area contributed by atoms with E-state index in [0.29, 0.717) is 11.4 Å². The third kappa shape index (κ3) is 3.57. The first-order valence-corrected chi connectivity index (χ1v) is 7.59. The minimum atomic E-state index is -0.432. The van der Waals surface area contributed by atoms with Crippen molar-refractivity contribution in [2.45, 2.75) is 51.0 Å². The Morgan fingerprint density at radius 1 is 1.40 bits per heavy atom. The molecule has 1 saturated carbocycles. The fourth-order valence-corrected chi connectivity index (χ4v) is 3.12. The molecule has 0 unspecified atom stereocenters. The van der Waals surface area contributed by atoms with Crippen molar-refractivity contribution in [2.75, 3.05) is 0 Å². The monoisotopic (exact) mass is 290 g/mol. The van der Waals surface area contributed by atoms with Crippen LogP contribution in [0.2, 0.25) is 0 Å². The van der Waals surface area contributed by atoms with Crippen LogP contribution >= 0.6 is 12.2 Å².